The fourth-order valence-corrected chi connectivity index (χ4v) is 4.95. The van der Waals surface area contributed by atoms with Gasteiger partial charge in [0.25, 0.3) is 5.56 Å². The largest absolute Gasteiger partial charge is 0.508 e. The number of aromatic hydroxyl groups is 1. The van der Waals surface area contributed by atoms with Crippen molar-refractivity contribution >= 4 is 16.9 Å². The fraction of sp³-hybridized carbons (Fsp3) is 0.400. The predicted octanol–water partition coefficient (Wildman–Crippen LogP) is 3.23. The van der Waals surface area contributed by atoms with Crippen molar-refractivity contribution < 1.29 is 23.8 Å². The lowest BCUT2D eigenvalue weighted by Gasteiger charge is -2.25. The van der Waals surface area contributed by atoms with Crippen LogP contribution in [0, 0.1) is 0 Å². The first kappa shape index (κ1) is 22.5. The zero-order valence-electron chi connectivity index (χ0n) is 19.3. The van der Waals surface area contributed by atoms with Gasteiger partial charge in [0, 0.05) is 23.1 Å². The Hall–Kier alpha value is -3.30. The quantitative estimate of drug-likeness (QED) is 0.557. The van der Waals surface area contributed by atoms with Gasteiger partial charge in [0.15, 0.2) is 6.23 Å². The van der Waals surface area contributed by atoms with E-state index in [2.05, 4.69) is 0 Å². The minimum atomic E-state index is -0.872. The Morgan fingerprint density at radius 1 is 1.26 bits per heavy atom. The molecule has 5 rings (SSSR count). The van der Waals surface area contributed by atoms with E-state index in [0.717, 1.165) is 5.39 Å². The summed E-state index contributed by atoms with van der Waals surface area (Å²) < 4.78 is 25.7. The highest BCUT2D eigenvalue weighted by Crippen LogP contribution is 2.43. The molecular weight excluding hydrogens is 441 g/mol. The van der Waals surface area contributed by atoms with Crippen LogP contribution in [0.2, 0.25) is 0 Å². The third kappa shape index (κ3) is 3.38. The molecule has 0 aliphatic carbocycles. The first-order valence-electron chi connectivity index (χ1n) is 11.3. The summed E-state index contributed by atoms with van der Waals surface area (Å²) in [5.41, 5.74) is 3.77. The number of esters is 1. The summed E-state index contributed by atoms with van der Waals surface area (Å²) in [4.78, 5) is 32.7. The van der Waals surface area contributed by atoms with Crippen LogP contribution in [0.5, 0.6) is 5.75 Å². The van der Waals surface area contributed by atoms with E-state index in [1.807, 2.05) is 38.1 Å². The molecule has 34 heavy (non-hydrogen) atoms. The summed E-state index contributed by atoms with van der Waals surface area (Å²) in [5, 5.41) is 11.3. The van der Waals surface area contributed by atoms with Crippen molar-refractivity contribution in [1.29, 1.82) is 0 Å². The van der Waals surface area contributed by atoms with Gasteiger partial charge in [-0.25, -0.2) is 9.37 Å². The number of pyridine rings is 2. The lowest BCUT2D eigenvalue weighted by Crippen LogP contribution is -2.34. The van der Waals surface area contributed by atoms with Crippen LogP contribution in [0.3, 0.4) is 0 Å². The average molecular weight is 467 g/mol. The third-order valence-electron chi connectivity index (χ3n) is 6.49. The number of halogens is 1. The molecule has 0 saturated carbocycles. The molecule has 0 saturated heterocycles. The molecule has 0 amide bonds. The molecule has 1 unspecified atom stereocenters. The Balaban J connectivity index is 1.78. The van der Waals surface area contributed by atoms with E-state index >= 15 is 0 Å². The van der Waals surface area contributed by atoms with Crippen molar-refractivity contribution in [2.24, 2.45) is 0 Å². The van der Waals surface area contributed by atoms with Gasteiger partial charge in [-0.05, 0) is 50.3 Å². The molecule has 2 atom stereocenters. The highest BCUT2D eigenvalue weighted by atomic mass is 19.1. The number of aromatic nitrogens is 2. The van der Waals surface area contributed by atoms with Gasteiger partial charge in [-0.1, -0.05) is 6.92 Å². The van der Waals surface area contributed by atoms with E-state index in [4.69, 9.17) is 14.5 Å². The Kier molecular flexibility index (Phi) is 5.61. The fourth-order valence-electron chi connectivity index (χ4n) is 4.95. The van der Waals surface area contributed by atoms with Crippen LogP contribution >= 0.6 is 0 Å². The number of cyclic esters (lactones) is 1. The highest BCUT2D eigenvalue weighted by Gasteiger charge is 2.38. The van der Waals surface area contributed by atoms with Gasteiger partial charge in [-0.3, -0.25) is 14.2 Å². The van der Waals surface area contributed by atoms with E-state index in [-0.39, 0.29) is 30.5 Å². The summed E-state index contributed by atoms with van der Waals surface area (Å²) in [5.74, 6) is -0.729. The van der Waals surface area contributed by atoms with Crippen molar-refractivity contribution in [2.45, 2.75) is 38.6 Å². The Morgan fingerprint density at radius 2 is 2.06 bits per heavy atom. The number of nitrogens with zero attached hydrogens (tertiary/aromatic N) is 3. The highest BCUT2D eigenvalue weighted by molar-refractivity contribution is 5.89. The molecule has 4 heterocycles. The van der Waals surface area contributed by atoms with Crippen molar-refractivity contribution in [3.63, 3.8) is 0 Å². The topological polar surface area (TPSA) is 93.9 Å². The number of carbonyl (C=O) groups excluding carboxylic acids is 1. The molecule has 1 N–H and O–H groups in total. The van der Waals surface area contributed by atoms with Gasteiger partial charge in [0.05, 0.1) is 35.0 Å². The van der Waals surface area contributed by atoms with Gasteiger partial charge >= 0.3 is 5.97 Å². The number of phenols is 1. The van der Waals surface area contributed by atoms with Crippen LogP contribution in [0.15, 0.2) is 29.1 Å². The molecule has 178 valence electrons. The summed E-state index contributed by atoms with van der Waals surface area (Å²) in [6.45, 7) is 1.36. The molecule has 0 radical (unpaired) electrons. The molecule has 3 aromatic rings. The van der Waals surface area contributed by atoms with E-state index in [9.17, 15) is 19.1 Å². The molecule has 2 aliphatic heterocycles. The van der Waals surface area contributed by atoms with Crippen LogP contribution in [0.25, 0.3) is 22.3 Å². The molecule has 9 heteroatoms. The summed E-state index contributed by atoms with van der Waals surface area (Å²) in [6, 6.07) is 7.02. The third-order valence-corrected chi connectivity index (χ3v) is 6.49. The van der Waals surface area contributed by atoms with E-state index in [0.29, 0.717) is 52.1 Å². The Morgan fingerprint density at radius 3 is 2.76 bits per heavy atom. The first-order valence-corrected chi connectivity index (χ1v) is 11.3. The Bertz CT molecular complexity index is 1370. The SMILES string of the molecule is CC[C@H]1C(=O)OCc2c1cc1n(c2=O)C(OCCF)c2cc3c(CN(C)C)c(O)ccc3nc2-1. The van der Waals surface area contributed by atoms with Crippen molar-refractivity contribution in [2.75, 3.05) is 27.4 Å². The van der Waals surface area contributed by atoms with Gasteiger partial charge in [0.1, 0.15) is 19.0 Å². The lowest BCUT2D eigenvalue weighted by atomic mass is 9.90. The number of alkyl halides is 1. The average Bonchev–Trinajstić information content (AvgIpc) is 3.11. The molecule has 0 bridgehead atoms. The first-order chi connectivity index (χ1) is 16.3. The number of hydrogen-bond acceptors (Lipinski definition) is 7. The zero-order chi connectivity index (χ0) is 24.1. The van der Waals surface area contributed by atoms with Crippen molar-refractivity contribution in [1.82, 2.24) is 14.5 Å². The molecule has 0 spiro atoms. The monoisotopic (exact) mass is 467 g/mol. The number of fused-ring (bicyclic) bond motifs is 5. The number of phenolic OH excluding ortho intramolecular Hbond substituents is 1. The van der Waals surface area contributed by atoms with Crippen molar-refractivity contribution in [3.8, 4) is 17.1 Å². The molecular formula is C25H26FN3O5. The van der Waals surface area contributed by atoms with Gasteiger partial charge < -0.3 is 19.5 Å². The lowest BCUT2D eigenvalue weighted by molar-refractivity contribution is -0.148. The number of ether oxygens (including phenoxy) is 2. The molecule has 8 nitrogen and oxygen atoms in total. The maximum absolute atomic E-state index is 13.6. The van der Waals surface area contributed by atoms with Gasteiger partial charge in [-0.2, -0.15) is 0 Å². The molecule has 1 aromatic carbocycles. The van der Waals surface area contributed by atoms with Crippen LogP contribution < -0.4 is 5.56 Å². The smallest absolute Gasteiger partial charge is 0.313 e. The molecule has 2 aliphatic rings. The summed E-state index contributed by atoms with van der Waals surface area (Å²) in [7, 11) is 3.80. The molecule has 0 fully saturated rings. The predicted molar refractivity (Wildman–Crippen MR) is 123 cm³/mol. The number of benzene rings is 1. The van der Waals surface area contributed by atoms with E-state index in [1.165, 1.54) is 4.57 Å². The second kappa shape index (κ2) is 8.48. The van der Waals surface area contributed by atoms with Gasteiger partial charge in [-0.15, -0.1) is 0 Å². The second-order valence-electron chi connectivity index (χ2n) is 8.91. The Labute approximate surface area is 195 Å². The minimum absolute atomic E-state index is 0.105. The van der Waals surface area contributed by atoms with Crippen LogP contribution in [-0.2, 0) is 27.4 Å². The maximum atomic E-state index is 13.6. The van der Waals surface area contributed by atoms with E-state index < -0.39 is 18.8 Å². The number of hydrogen-bond donors (Lipinski definition) is 1. The number of carbonyl (C=O) groups is 1. The summed E-state index contributed by atoms with van der Waals surface area (Å²) in [6.07, 6.45) is -0.371. The van der Waals surface area contributed by atoms with Crippen LogP contribution in [0.4, 0.5) is 4.39 Å². The van der Waals surface area contributed by atoms with E-state index in [1.54, 1.807) is 12.1 Å². The minimum Gasteiger partial charge on any atom is -0.508 e. The van der Waals surface area contributed by atoms with Crippen LogP contribution in [-0.4, -0.2) is 52.9 Å². The van der Waals surface area contributed by atoms with Crippen LogP contribution in [0.1, 0.15) is 47.7 Å². The standard InChI is InChI=1S/C25H26FN3O5/c1-4-13-14-10-20-22-16(9-15-17(11-28(2)3)21(30)6-5-19(15)27-22)24(33-8-7-26)29(20)23(31)18(14)12-34-25(13)32/h5-6,9-10,13,24,30H,4,7-8,11-12H2,1-3H3/t13-,24?/m1/s1. The zero-order valence-corrected chi connectivity index (χ0v) is 19.3. The van der Waals surface area contributed by atoms with Gasteiger partial charge in [0.2, 0.25) is 0 Å². The second-order valence-corrected chi connectivity index (χ2v) is 8.91. The normalized spacial score (nSPS) is 18.7. The molecule has 2 aromatic heterocycles. The number of rotatable bonds is 6. The summed E-state index contributed by atoms with van der Waals surface area (Å²) >= 11 is 0. The maximum Gasteiger partial charge on any atom is 0.313 e. The van der Waals surface area contributed by atoms with Crippen molar-refractivity contribution in [3.05, 3.63) is 56.9 Å².